The average molecular weight is 180 g/mol. The predicted molar refractivity (Wildman–Crippen MR) is 46.0 cm³/mol. The number of nitrogens with zero attached hydrogens (tertiary/aromatic N) is 4. The lowest BCUT2D eigenvalue weighted by Gasteiger charge is -1.99. The molecule has 2 rings (SSSR count). The largest absolute Gasteiger partial charge is 0.265 e. The van der Waals surface area contributed by atoms with Crippen molar-refractivity contribution in [2.75, 3.05) is 0 Å². The highest BCUT2D eigenvalue weighted by atomic mass is 32.1. The summed E-state index contributed by atoms with van der Waals surface area (Å²) in [6, 6.07) is 1.98. The Bertz CT molecular complexity index is 351. The molecular formula is C7H8N4S. The van der Waals surface area contributed by atoms with Crippen molar-refractivity contribution >= 4 is 11.5 Å². The first-order valence-electron chi connectivity index (χ1n) is 3.61. The Morgan fingerprint density at radius 3 is 3.08 bits per heavy atom. The minimum Gasteiger partial charge on any atom is -0.265 e. The van der Waals surface area contributed by atoms with Crippen molar-refractivity contribution in [1.82, 2.24) is 19.4 Å². The van der Waals surface area contributed by atoms with Crippen molar-refractivity contribution < 1.29 is 0 Å². The number of rotatable bonds is 2. The molecule has 0 unspecified atom stereocenters. The Balaban J connectivity index is 2.20. The Kier molecular flexibility index (Phi) is 1.87. The summed E-state index contributed by atoms with van der Waals surface area (Å²) < 4.78 is 5.71. The molecule has 12 heavy (non-hydrogen) atoms. The fourth-order valence-corrected chi connectivity index (χ4v) is 1.44. The summed E-state index contributed by atoms with van der Waals surface area (Å²) in [5.41, 5.74) is 1.16. The third-order valence-corrected chi connectivity index (χ3v) is 2.29. The van der Waals surface area contributed by atoms with E-state index in [1.165, 1.54) is 11.5 Å². The fourth-order valence-electron chi connectivity index (χ4n) is 0.969. The van der Waals surface area contributed by atoms with Crippen LogP contribution in [0, 0.1) is 6.92 Å². The van der Waals surface area contributed by atoms with E-state index in [1.807, 2.05) is 17.7 Å². The molecule has 4 nitrogen and oxygen atoms in total. The molecule has 0 atom stereocenters. The third-order valence-electron chi connectivity index (χ3n) is 1.64. The first-order chi connectivity index (χ1) is 5.86. The van der Waals surface area contributed by atoms with Gasteiger partial charge in [0, 0.05) is 11.9 Å². The first kappa shape index (κ1) is 7.42. The van der Waals surface area contributed by atoms with Gasteiger partial charge < -0.3 is 0 Å². The topological polar surface area (TPSA) is 43.6 Å². The van der Waals surface area contributed by atoms with Gasteiger partial charge in [-0.05, 0) is 24.5 Å². The van der Waals surface area contributed by atoms with E-state index in [0.29, 0.717) is 0 Å². The zero-order valence-corrected chi connectivity index (χ0v) is 7.45. The molecule has 0 spiro atoms. The van der Waals surface area contributed by atoms with E-state index >= 15 is 0 Å². The van der Waals surface area contributed by atoms with Crippen LogP contribution in [-0.2, 0) is 6.54 Å². The standard InChI is InChI=1S/C7H8N4S/c1-6-2-3-9-11(6)5-7-4-8-10-12-7/h2-4H,5H2,1H3. The molecule has 62 valence electrons. The predicted octanol–water partition coefficient (Wildman–Crippen LogP) is 1.09. The summed E-state index contributed by atoms with van der Waals surface area (Å²) in [6.45, 7) is 2.80. The molecule has 0 saturated heterocycles. The second-order valence-corrected chi connectivity index (χ2v) is 3.38. The van der Waals surface area contributed by atoms with Crippen LogP contribution in [0.1, 0.15) is 10.6 Å². The first-order valence-corrected chi connectivity index (χ1v) is 4.38. The van der Waals surface area contributed by atoms with Gasteiger partial charge in [-0.1, -0.05) is 4.49 Å². The van der Waals surface area contributed by atoms with Gasteiger partial charge in [-0.25, -0.2) is 0 Å². The minimum atomic E-state index is 0.774. The van der Waals surface area contributed by atoms with Crippen LogP contribution in [0.15, 0.2) is 18.5 Å². The van der Waals surface area contributed by atoms with Crippen LogP contribution in [0.3, 0.4) is 0 Å². The quantitative estimate of drug-likeness (QED) is 0.695. The second-order valence-electron chi connectivity index (χ2n) is 2.51. The maximum absolute atomic E-state index is 4.16. The van der Waals surface area contributed by atoms with Gasteiger partial charge in [0.1, 0.15) is 0 Å². The van der Waals surface area contributed by atoms with Crippen LogP contribution in [0.2, 0.25) is 0 Å². The van der Waals surface area contributed by atoms with Crippen LogP contribution in [0.25, 0.3) is 0 Å². The van der Waals surface area contributed by atoms with Crippen molar-refractivity contribution in [1.29, 1.82) is 0 Å². The number of aryl methyl sites for hydroxylation is 1. The number of hydrogen-bond acceptors (Lipinski definition) is 4. The Labute approximate surface area is 74.0 Å². The molecule has 0 amide bonds. The van der Waals surface area contributed by atoms with Crippen molar-refractivity contribution in [2.45, 2.75) is 13.5 Å². The summed E-state index contributed by atoms with van der Waals surface area (Å²) >= 11 is 1.41. The molecule has 2 heterocycles. The van der Waals surface area contributed by atoms with Crippen LogP contribution in [0.4, 0.5) is 0 Å². The molecule has 5 heteroatoms. The number of hydrogen-bond donors (Lipinski definition) is 0. The molecule has 0 saturated carbocycles. The van der Waals surface area contributed by atoms with Gasteiger partial charge in [-0.15, -0.1) is 5.10 Å². The Hall–Kier alpha value is -1.23. The summed E-state index contributed by atoms with van der Waals surface area (Å²) in [4.78, 5) is 1.13. The lowest BCUT2D eigenvalue weighted by Crippen LogP contribution is -2.01. The zero-order chi connectivity index (χ0) is 8.39. The van der Waals surface area contributed by atoms with E-state index in [4.69, 9.17) is 0 Å². The van der Waals surface area contributed by atoms with Gasteiger partial charge in [0.15, 0.2) is 0 Å². The van der Waals surface area contributed by atoms with Gasteiger partial charge >= 0.3 is 0 Å². The van der Waals surface area contributed by atoms with E-state index in [-0.39, 0.29) is 0 Å². The van der Waals surface area contributed by atoms with E-state index in [2.05, 4.69) is 14.7 Å². The molecule has 0 bridgehead atoms. The summed E-state index contributed by atoms with van der Waals surface area (Å²) in [5.74, 6) is 0. The molecule has 0 fully saturated rings. The second kappa shape index (κ2) is 3.02. The Morgan fingerprint density at radius 2 is 2.50 bits per heavy atom. The average Bonchev–Trinajstić information content (AvgIpc) is 2.65. The van der Waals surface area contributed by atoms with Gasteiger partial charge in [0.05, 0.1) is 17.6 Å². The Morgan fingerprint density at radius 1 is 1.58 bits per heavy atom. The van der Waals surface area contributed by atoms with Crippen molar-refractivity contribution in [3.05, 3.63) is 29.0 Å². The maximum atomic E-state index is 4.16. The normalized spacial score (nSPS) is 10.4. The monoisotopic (exact) mass is 180 g/mol. The van der Waals surface area contributed by atoms with Gasteiger partial charge in [0.25, 0.3) is 0 Å². The summed E-state index contributed by atoms with van der Waals surface area (Å²) in [5, 5.41) is 7.92. The molecule has 2 aromatic rings. The van der Waals surface area contributed by atoms with Gasteiger partial charge in [-0.3, -0.25) is 4.68 Å². The van der Waals surface area contributed by atoms with Crippen LogP contribution < -0.4 is 0 Å². The van der Waals surface area contributed by atoms with Crippen molar-refractivity contribution in [3.8, 4) is 0 Å². The lowest BCUT2D eigenvalue weighted by molar-refractivity contribution is 0.671. The lowest BCUT2D eigenvalue weighted by atomic mass is 10.4. The molecule has 0 aromatic carbocycles. The summed E-state index contributed by atoms with van der Waals surface area (Å²) in [7, 11) is 0. The van der Waals surface area contributed by atoms with Gasteiger partial charge in [-0.2, -0.15) is 5.10 Å². The third kappa shape index (κ3) is 1.35. The smallest absolute Gasteiger partial charge is 0.0787 e. The van der Waals surface area contributed by atoms with E-state index in [0.717, 1.165) is 17.1 Å². The molecule has 0 aliphatic rings. The molecule has 0 N–H and O–H groups in total. The zero-order valence-electron chi connectivity index (χ0n) is 6.64. The minimum absolute atomic E-state index is 0.774. The van der Waals surface area contributed by atoms with E-state index in [9.17, 15) is 0 Å². The van der Waals surface area contributed by atoms with Crippen LogP contribution in [0.5, 0.6) is 0 Å². The van der Waals surface area contributed by atoms with E-state index < -0.39 is 0 Å². The molecule has 2 aromatic heterocycles. The summed E-state index contributed by atoms with van der Waals surface area (Å²) in [6.07, 6.45) is 3.57. The molecule has 0 radical (unpaired) electrons. The molecule has 0 aliphatic heterocycles. The fraction of sp³-hybridized carbons (Fsp3) is 0.286. The van der Waals surface area contributed by atoms with Crippen LogP contribution >= 0.6 is 11.5 Å². The van der Waals surface area contributed by atoms with Crippen LogP contribution in [-0.4, -0.2) is 19.4 Å². The SMILES string of the molecule is Cc1ccnn1Cc1cnns1. The highest BCUT2D eigenvalue weighted by Crippen LogP contribution is 2.06. The van der Waals surface area contributed by atoms with Crippen molar-refractivity contribution in [3.63, 3.8) is 0 Å². The van der Waals surface area contributed by atoms with E-state index in [1.54, 1.807) is 12.4 Å². The molecular weight excluding hydrogens is 172 g/mol. The highest BCUT2D eigenvalue weighted by molar-refractivity contribution is 7.05. The highest BCUT2D eigenvalue weighted by Gasteiger charge is 2.00. The maximum Gasteiger partial charge on any atom is 0.0787 e. The number of aromatic nitrogens is 4. The van der Waals surface area contributed by atoms with Gasteiger partial charge in [0.2, 0.25) is 0 Å². The molecule has 0 aliphatic carbocycles. The van der Waals surface area contributed by atoms with Crippen molar-refractivity contribution in [2.24, 2.45) is 0 Å².